The Hall–Kier alpha value is -2.41. The van der Waals surface area contributed by atoms with Crippen molar-refractivity contribution in [1.82, 2.24) is 27.0 Å². The minimum Gasteiger partial charge on any atom is -0.549 e. The van der Waals surface area contributed by atoms with Gasteiger partial charge in [0, 0.05) is 58.9 Å². The number of rotatable bonds is 16. The van der Waals surface area contributed by atoms with Crippen LogP contribution in [-0.2, 0) is 41.0 Å². The Bertz CT molecular complexity index is 496. The molecule has 0 aromatic carbocycles. The molecular formula is C14H30FeN5O12. The van der Waals surface area contributed by atoms with Gasteiger partial charge in [-0.1, -0.05) is 0 Å². The standard InChI is InChI=1S/C14H23N3O10.Fe.2H3N.2H2O/c18-10(19)5-15(1-3-16(6-11(20)21)7-12(22)23)2-4-17(8-13(24)25)9-14(26)27;;;;;/h1-9H2,(H,18,19)(H,20,21)(H,22,23)(H,24,25)(H,26,27);;2*1H3;2*1H2/q;+3;;;;/p-3. The number of hydrogen-bond acceptors (Lipinski definition) is 13. The maximum Gasteiger partial charge on any atom is 3.00 e. The molecule has 0 fully saturated rings. The average molecular weight is 516 g/mol. The van der Waals surface area contributed by atoms with E-state index in [2.05, 4.69) is 0 Å². The molecule has 0 saturated heterocycles. The summed E-state index contributed by atoms with van der Waals surface area (Å²) in [4.78, 5) is 56.4. The van der Waals surface area contributed by atoms with E-state index in [1.165, 1.54) is 4.90 Å². The van der Waals surface area contributed by atoms with Crippen LogP contribution in [0.25, 0.3) is 0 Å². The molecule has 0 atom stereocenters. The van der Waals surface area contributed by atoms with Gasteiger partial charge in [0.2, 0.25) is 0 Å². The number of carboxylic acids is 5. The number of quaternary nitrogens is 2. The second-order valence-electron chi connectivity index (χ2n) is 5.56. The van der Waals surface area contributed by atoms with Crippen LogP contribution in [0.5, 0.6) is 0 Å². The summed E-state index contributed by atoms with van der Waals surface area (Å²) in [6.45, 7) is -4.16. The summed E-state index contributed by atoms with van der Waals surface area (Å²) in [5.74, 6) is -7.67. The molecule has 191 valence electrons. The van der Waals surface area contributed by atoms with E-state index in [0.29, 0.717) is 0 Å². The van der Waals surface area contributed by atoms with Crippen molar-refractivity contribution in [2.24, 2.45) is 0 Å². The largest absolute Gasteiger partial charge is 3.00 e. The number of carbonyl (C=O) groups excluding carboxylic acids is 5. The quantitative estimate of drug-likeness (QED) is 0.180. The first-order chi connectivity index (χ1) is 12.5. The van der Waals surface area contributed by atoms with Gasteiger partial charge in [-0.2, -0.15) is 0 Å². The SMILES string of the molecule is O.O.O=C([O-])CN(CCN(CC(=O)[O-])CC(=O)[O-])CCN(CC(=O)[O-])CC(=O)[O-].[Fe+3].[NH4+].[NH4+]. The van der Waals surface area contributed by atoms with Gasteiger partial charge in [-0.05, 0) is 0 Å². The van der Waals surface area contributed by atoms with Crippen molar-refractivity contribution in [1.29, 1.82) is 0 Å². The fourth-order valence-electron chi connectivity index (χ4n) is 2.18. The third kappa shape index (κ3) is 25.6. The number of aliphatic carboxylic acids is 5. The Balaban J connectivity index is -0.000000338. The summed E-state index contributed by atoms with van der Waals surface area (Å²) in [7, 11) is 0. The molecule has 0 aliphatic heterocycles. The van der Waals surface area contributed by atoms with Crippen LogP contribution in [0.4, 0.5) is 0 Å². The molecule has 0 aromatic heterocycles. The summed E-state index contributed by atoms with van der Waals surface area (Å²) < 4.78 is 0. The fraction of sp³-hybridized carbons (Fsp3) is 0.643. The van der Waals surface area contributed by atoms with E-state index in [4.69, 9.17) is 0 Å². The van der Waals surface area contributed by atoms with E-state index in [-0.39, 0.29) is 66.5 Å². The zero-order chi connectivity index (χ0) is 21.0. The number of carboxylic acid groups (broad SMARTS) is 5. The molecule has 0 heterocycles. The normalized spacial score (nSPS) is 9.34. The molecule has 1 radical (unpaired) electrons. The Labute approximate surface area is 193 Å². The minimum absolute atomic E-state index is 0. The van der Waals surface area contributed by atoms with Crippen LogP contribution in [0.2, 0.25) is 0 Å². The van der Waals surface area contributed by atoms with Crippen molar-refractivity contribution in [3.05, 3.63) is 0 Å². The van der Waals surface area contributed by atoms with Crippen molar-refractivity contribution < 1.29 is 77.5 Å². The molecule has 17 nitrogen and oxygen atoms in total. The Morgan fingerprint density at radius 2 is 0.594 bits per heavy atom. The van der Waals surface area contributed by atoms with Gasteiger partial charge in [0.25, 0.3) is 0 Å². The minimum atomic E-state index is -1.54. The monoisotopic (exact) mass is 516 g/mol. The van der Waals surface area contributed by atoms with Crippen molar-refractivity contribution >= 4 is 29.8 Å². The van der Waals surface area contributed by atoms with Gasteiger partial charge in [0.1, 0.15) is 0 Å². The van der Waals surface area contributed by atoms with E-state index < -0.39 is 62.6 Å². The van der Waals surface area contributed by atoms with Crippen LogP contribution in [-0.4, -0.2) is 114 Å². The Morgan fingerprint density at radius 1 is 0.438 bits per heavy atom. The number of hydrogen-bond donors (Lipinski definition) is 2. The van der Waals surface area contributed by atoms with Crippen molar-refractivity contribution in [2.45, 2.75) is 0 Å². The van der Waals surface area contributed by atoms with Crippen LogP contribution in [0.3, 0.4) is 0 Å². The van der Waals surface area contributed by atoms with Crippen LogP contribution in [0, 0.1) is 0 Å². The average Bonchev–Trinajstić information content (AvgIpc) is 2.46. The van der Waals surface area contributed by atoms with Crippen LogP contribution < -0.4 is 37.8 Å². The topological polar surface area (TPSA) is 346 Å². The molecule has 12 N–H and O–H groups in total. The third-order valence-electron chi connectivity index (χ3n) is 3.23. The predicted octanol–water partition coefficient (Wildman–Crippen LogP) is -10.3. The van der Waals surface area contributed by atoms with E-state index >= 15 is 0 Å². The first-order valence-corrected chi connectivity index (χ1v) is 7.66. The van der Waals surface area contributed by atoms with E-state index in [1.54, 1.807) is 0 Å². The van der Waals surface area contributed by atoms with Crippen LogP contribution >= 0.6 is 0 Å². The molecule has 0 rings (SSSR count). The molecule has 0 saturated carbocycles. The summed E-state index contributed by atoms with van der Waals surface area (Å²) in [6.07, 6.45) is 0. The van der Waals surface area contributed by atoms with Gasteiger partial charge < -0.3 is 72.8 Å². The Morgan fingerprint density at radius 3 is 0.781 bits per heavy atom. The van der Waals surface area contributed by atoms with E-state index in [9.17, 15) is 49.5 Å². The van der Waals surface area contributed by atoms with Crippen molar-refractivity contribution in [3.63, 3.8) is 0 Å². The maximum absolute atomic E-state index is 10.8. The zero-order valence-electron chi connectivity index (χ0n) is 17.6. The van der Waals surface area contributed by atoms with Gasteiger partial charge in [-0.3, -0.25) is 14.7 Å². The van der Waals surface area contributed by atoms with Gasteiger partial charge in [-0.15, -0.1) is 0 Å². The van der Waals surface area contributed by atoms with E-state index in [1.807, 2.05) is 0 Å². The van der Waals surface area contributed by atoms with Crippen molar-refractivity contribution in [3.8, 4) is 0 Å². The smallest absolute Gasteiger partial charge is 0.549 e. The zero-order valence-corrected chi connectivity index (χ0v) is 18.7. The van der Waals surface area contributed by atoms with Crippen LogP contribution in [0.15, 0.2) is 0 Å². The first-order valence-electron chi connectivity index (χ1n) is 7.66. The summed E-state index contributed by atoms with van der Waals surface area (Å²) in [6, 6.07) is 0. The predicted molar refractivity (Wildman–Crippen MR) is 93.6 cm³/mol. The molecule has 0 aliphatic rings. The maximum atomic E-state index is 10.8. The number of nitrogens with zero attached hydrogens (tertiary/aromatic N) is 3. The molecule has 0 aliphatic carbocycles. The summed E-state index contributed by atoms with van der Waals surface area (Å²) >= 11 is 0. The second-order valence-corrected chi connectivity index (χ2v) is 5.56. The van der Waals surface area contributed by atoms with Crippen molar-refractivity contribution in [2.75, 3.05) is 58.9 Å². The van der Waals surface area contributed by atoms with Gasteiger partial charge >= 0.3 is 17.1 Å². The molecule has 0 aromatic rings. The summed E-state index contributed by atoms with van der Waals surface area (Å²) in [5.41, 5.74) is 0. The van der Waals surface area contributed by atoms with E-state index in [0.717, 1.165) is 9.80 Å². The molecule has 32 heavy (non-hydrogen) atoms. The molecule has 18 heteroatoms. The molecule has 0 bridgehead atoms. The number of carbonyl (C=O) groups is 5. The molecule has 0 spiro atoms. The van der Waals surface area contributed by atoms with Gasteiger partial charge in [0.15, 0.2) is 0 Å². The second kappa shape index (κ2) is 23.3. The van der Waals surface area contributed by atoms with Gasteiger partial charge in [-0.25, -0.2) is 0 Å². The molecular weight excluding hydrogens is 486 g/mol. The Kier molecular flexibility index (Phi) is 31.6. The summed E-state index contributed by atoms with van der Waals surface area (Å²) in [5, 5.41) is 53.3. The van der Waals surface area contributed by atoms with Gasteiger partial charge in [0.05, 0.1) is 29.8 Å². The molecule has 0 amide bonds. The first kappa shape index (κ1) is 43.5. The molecule has 0 unspecified atom stereocenters. The third-order valence-corrected chi connectivity index (χ3v) is 3.23. The van der Waals surface area contributed by atoms with Crippen LogP contribution in [0.1, 0.15) is 0 Å². The fourth-order valence-corrected chi connectivity index (χ4v) is 2.18.